The highest BCUT2D eigenvalue weighted by Gasteiger charge is 2.19. The van der Waals surface area contributed by atoms with E-state index < -0.39 is 16.4 Å². The zero-order valence-electron chi connectivity index (χ0n) is 18.4. The molecule has 1 fully saturated rings. The van der Waals surface area contributed by atoms with Gasteiger partial charge in [0.15, 0.2) is 0 Å². The molecule has 0 radical (unpaired) electrons. The Labute approximate surface area is 216 Å². The van der Waals surface area contributed by atoms with Crippen LogP contribution in [0.1, 0.15) is 11.1 Å². The van der Waals surface area contributed by atoms with E-state index in [4.69, 9.17) is 4.74 Å². The lowest BCUT2D eigenvalue weighted by Gasteiger charge is -2.27. The van der Waals surface area contributed by atoms with Crippen LogP contribution in [0.4, 0.5) is 29.2 Å². The molecule has 3 aromatic rings. The number of phenolic OH excluding ortho intramolecular Hbond substituents is 1. The summed E-state index contributed by atoms with van der Waals surface area (Å²) in [4.78, 5) is 25.8. The van der Waals surface area contributed by atoms with E-state index in [1.165, 1.54) is 18.3 Å². The third-order valence-corrected chi connectivity index (χ3v) is 6.05. The molecule has 1 aliphatic heterocycles. The van der Waals surface area contributed by atoms with Gasteiger partial charge in [0.1, 0.15) is 0 Å². The van der Waals surface area contributed by atoms with Crippen LogP contribution in [0, 0.1) is 17.0 Å². The smallest absolute Gasteiger partial charge is 0.312 e. The summed E-state index contributed by atoms with van der Waals surface area (Å²) in [5.74, 6) is 0.379. The molecule has 0 amide bonds. The number of aromatic hydroxyl groups is 1. The van der Waals surface area contributed by atoms with Crippen LogP contribution >= 0.6 is 31.9 Å². The second-order valence-electron chi connectivity index (χ2n) is 7.48. The number of nitrogens with zero attached hydrogens (tertiary/aromatic N) is 6. The van der Waals surface area contributed by atoms with Crippen molar-refractivity contribution in [3.8, 4) is 5.75 Å². The predicted octanol–water partition coefficient (Wildman–Crippen LogP) is 4.35. The highest BCUT2D eigenvalue weighted by Crippen LogP contribution is 2.32. The molecule has 4 rings (SSSR count). The molecule has 0 spiro atoms. The summed E-state index contributed by atoms with van der Waals surface area (Å²) in [6.07, 6.45) is 1.24. The molecule has 1 saturated heterocycles. The number of nitrogens with one attached hydrogen (secondary N) is 2. The minimum Gasteiger partial charge on any atom is -0.502 e. The van der Waals surface area contributed by atoms with Gasteiger partial charge in [0.05, 0.1) is 30.0 Å². The average molecular weight is 608 g/mol. The number of ether oxygens (including phenoxy) is 1. The first-order valence-electron chi connectivity index (χ1n) is 10.4. The van der Waals surface area contributed by atoms with Crippen LogP contribution in [0.5, 0.6) is 5.75 Å². The van der Waals surface area contributed by atoms with Crippen molar-refractivity contribution >= 4 is 67.3 Å². The van der Waals surface area contributed by atoms with Gasteiger partial charge in [0, 0.05) is 33.7 Å². The fourth-order valence-electron chi connectivity index (χ4n) is 3.22. The van der Waals surface area contributed by atoms with Crippen LogP contribution in [0.25, 0.3) is 0 Å². The van der Waals surface area contributed by atoms with Gasteiger partial charge in [-0.25, -0.2) is 5.43 Å². The highest BCUT2D eigenvalue weighted by molar-refractivity contribution is 9.10. The number of halogens is 2. The fraction of sp³-hybridized carbons (Fsp3) is 0.238. The lowest BCUT2D eigenvalue weighted by molar-refractivity contribution is -0.385. The molecule has 0 unspecified atom stereocenters. The number of aryl methyl sites for hydroxylation is 1. The molecule has 0 atom stereocenters. The zero-order valence-corrected chi connectivity index (χ0v) is 21.6. The van der Waals surface area contributed by atoms with Crippen LogP contribution in [-0.2, 0) is 4.74 Å². The summed E-state index contributed by atoms with van der Waals surface area (Å²) >= 11 is 6.74. The van der Waals surface area contributed by atoms with Gasteiger partial charge in [0.2, 0.25) is 23.6 Å². The van der Waals surface area contributed by atoms with Crippen molar-refractivity contribution < 1.29 is 14.8 Å². The maximum atomic E-state index is 11.2. The molecule has 2 aromatic carbocycles. The topological polar surface area (TPSA) is 151 Å². The van der Waals surface area contributed by atoms with Gasteiger partial charge in [-0.3, -0.25) is 10.1 Å². The number of morpholine rings is 1. The molecule has 182 valence electrons. The number of nitro groups is 1. The second kappa shape index (κ2) is 10.9. The normalized spacial score (nSPS) is 13.7. The number of phenols is 1. The average Bonchev–Trinajstić information content (AvgIpc) is 2.83. The Bertz CT molecular complexity index is 1280. The molecule has 0 aliphatic carbocycles. The van der Waals surface area contributed by atoms with E-state index in [1.54, 1.807) is 0 Å². The van der Waals surface area contributed by atoms with Crippen LogP contribution in [0.2, 0.25) is 0 Å². The van der Waals surface area contributed by atoms with Crippen molar-refractivity contribution in [2.24, 2.45) is 5.10 Å². The first kappa shape index (κ1) is 24.8. The Kier molecular flexibility index (Phi) is 7.73. The Morgan fingerprint density at radius 1 is 1.17 bits per heavy atom. The van der Waals surface area contributed by atoms with E-state index in [2.05, 4.69) is 62.7 Å². The van der Waals surface area contributed by atoms with Gasteiger partial charge in [-0.15, -0.1) is 0 Å². The molecule has 0 saturated carbocycles. The molecular weight excluding hydrogens is 588 g/mol. The van der Waals surface area contributed by atoms with Gasteiger partial charge in [-0.2, -0.15) is 20.1 Å². The molecule has 12 nitrogen and oxygen atoms in total. The van der Waals surface area contributed by atoms with Crippen molar-refractivity contribution in [2.75, 3.05) is 41.9 Å². The lowest BCUT2D eigenvalue weighted by atomic mass is 10.2. The summed E-state index contributed by atoms with van der Waals surface area (Å²) in [6, 6.07) is 8.55. The molecule has 14 heteroatoms. The third kappa shape index (κ3) is 6.21. The quantitative estimate of drug-likeness (QED) is 0.201. The van der Waals surface area contributed by atoms with Gasteiger partial charge in [-0.05, 0) is 46.6 Å². The number of anilines is 4. The van der Waals surface area contributed by atoms with E-state index in [1.807, 2.05) is 30.0 Å². The molecule has 2 heterocycles. The number of hydrazone groups is 1. The second-order valence-corrected chi connectivity index (χ2v) is 9.25. The minimum absolute atomic E-state index is 0.142. The molecule has 1 aliphatic rings. The fourth-order valence-corrected chi connectivity index (χ4v) is 4.28. The summed E-state index contributed by atoms with van der Waals surface area (Å²) in [5, 5.41) is 28.6. The highest BCUT2D eigenvalue weighted by atomic mass is 79.9. The SMILES string of the molecule is Cc1ccc(Nc2nc(NN=Cc3cc(Br)cc([N+](=O)[O-])c3O)nc(N3CCOCC3)n2)c(Br)c1. The summed E-state index contributed by atoms with van der Waals surface area (Å²) in [5.41, 5.74) is 4.29. The van der Waals surface area contributed by atoms with Crippen LogP contribution in [0.15, 0.2) is 44.4 Å². The number of benzene rings is 2. The van der Waals surface area contributed by atoms with Gasteiger partial charge < -0.3 is 20.1 Å². The van der Waals surface area contributed by atoms with E-state index in [0.29, 0.717) is 42.7 Å². The monoisotopic (exact) mass is 606 g/mol. The summed E-state index contributed by atoms with van der Waals surface area (Å²) in [7, 11) is 0. The van der Waals surface area contributed by atoms with Crippen molar-refractivity contribution in [2.45, 2.75) is 6.92 Å². The summed E-state index contributed by atoms with van der Waals surface area (Å²) in [6.45, 7) is 4.34. The number of rotatable bonds is 7. The maximum Gasteiger partial charge on any atom is 0.312 e. The van der Waals surface area contributed by atoms with Gasteiger partial charge in [0.25, 0.3) is 0 Å². The van der Waals surface area contributed by atoms with Crippen LogP contribution < -0.4 is 15.6 Å². The molecule has 3 N–H and O–H groups in total. The largest absolute Gasteiger partial charge is 0.502 e. The van der Waals surface area contributed by atoms with Crippen molar-refractivity contribution in [1.29, 1.82) is 0 Å². The standard InChI is InChI=1S/C21H20Br2N8O4/c1-12-2-3-16(15(23)8-12)25-19-26-20(28-21(27-19)30-4-6-35-7-5-30)29-24-11-13-9-14(22)10-17(18(13)32)31(33)34/h2-3,8-11,32H,4-7H2,1H3,(H2,25,26,27,28,29). The number of nitro benzene ring substituents is 1. The number of hydrogen-bond acceptors (Lipinski definition) is 11. The van der Waals surface area contributed by atoms with Crippen molar-refractivity contribution in [3.63, 3.8) is 0 Å². The lowest BCUT2D eigenvalue weighted by Crippen LogP contribution is -2.37. The number of hydrogen-bond donors (Lipinski definition) is 3. The first-order valence-corrected chi connectivity index (χ1v) is 12.0. The van der Waals surface area contributed by atoms with E-state index >= 15 is 0 Å². The van der Waals surface area contributed by atoms with Crippen LogP contribution in [0.3, 0.4) is 0 Å². The van der Waals surface area contributed by atoms with E-state index in [9.17, 15) is 15.2 Å². The third-order valence-electron chi connectivity index (χ3n) is 4.94. The Morgan fingerprint density at radius 2 is 1.91 bits per heavy atom. The van der Waals surface area contributed by atoms with E-state index in [-0.39, 0.29) is 11.5 Å². The molecular formula is C21H20Br2N8O4. The van der Waals surface area contributed by atoms with Crippen molar-refractivity contribution in [1.82, 2.24) is 15.0 Å². The number of aromatic nitrogens is 3. The molecule has 0 bridgehead atoms. The van der Waals surface area contributed by atoms with Gasteiger partial charge >= 0.3 is 5.69 Å². The van der Waals surface area contributed by atoms with E-state index in [0.717, 1.165) is 15.7 Å². The predicted molar refractivity (Wildman–Crippen MR) is 139 cm³/mol. The first-order chi connectivity index (χ1) is 16.8. The molecule has 1 aromatic heterocycles. The minimum atomic E-state index is -0.674. The Balaban J connectivity index is 1.62. The summed E-state index contributed by atoms with van der Waals surface area (Å²) < 4.78 is 6.69. The zero-order chi connectivity index (χ0) is 24.9. The van der Waals surface area contributed by atoms with Gasteiger partial charge in [-0.1, -0.05) is 22.0 Å². The maximum absolute atomic E-state index is 11.2. The van der Waals surface area contributed by atoms with Crippen molar-refractivity contribution in [3.05, 3.63) is 60.5 Å². The Hall–Kier alpha value is -3.36. The van der Waals surface area contributed by atoms with Crippen LogP contribution in [-0.4, -0.2) is 57.5 Å². The Morgan fingerprint density at radius 3 is 2.63 bits per heavy atom. The molecule has 35 heavy (non-hydrogen) atoms.